The summed E-state index contributed by atoms with van der Waals surface area (Å²) in [6, 6.07) is 6.25. The first kappa shape index (κ1) is 22.0. The normalized spacial score (nSPS) is 16.1. The van der Waals surface area contributed by atoms with Gasteiger partial charge in [-0.2, -0.15) is 18.3 Å². The lowest BCUT2D eigenvalue weighted by Gasteiger charge is -2.36. The third-order valence-corrected chi connectivity index (χ3v) is 4.63. The largest absolute Gasteiger partial charge is 0.492 e. The SMILES string of the molecule is Cl.O=C(NCCOc1ccc(C(F)(F)F)cc1)C1(n2cccn2)CCNCC1. The van der Waals surface area contributed by atoms with E-state index in [1.165, 1.54) is 12.1 Å². The van der Waals surface area contributed by atoms with Gasteiger partial charge >= 0.3 is 6.18 Å². The number of hydrogen-bond donors (Lipinski definition) is 2. The van der Waals surface area contributed by atoms with Crippen molar-refractivity contribution in [2.24, 2.45) is 0 Å². The fourth-order valence-electron chi connectivity index (χ4n) is 3.16. The third-order valence-electron chi connectivity index (χ3n) is 4.63. The van der Waals surface area contributed by atoms with Crippen LogP contribution in [0.5, 0.6) is 5.75 Å². The molecule has 1 saturated heterocycles. The van der Waals surface area contributed by atoms with Crippen molar-refractivity contribution in [3.8, 4) is 5.75 Å². The Labute approximate surface area is 166 Å². The molecule has 0 spiro atoms. The number of carbonyl (C=O) groups is 1. The number of halogens is 4. The van der Waals surface area contributed by atoms with Gasteiger partial charge in [-0.05, 0) is 56.3 Å². The fourth-order valence-corrected chi connectivity index (χ4v) is 3.16. The summed E-state index contributed by atoms with van der Waals surface area (Å²) < 4.78 is 44.7. The molecule has 3 rings (SSSR count). The second-order valence-electron chi connectivity index (χ2n) is 6.36. The zero-order valence-electron chi connectivity index (χ0n) is 15.0. The van der Waals surface area contributed by atoms with Crippen LogP contribution in [0.25, 0.3) is 0 Å². The number of nitrogens with one attached hydrogen (secondary N) is 2. The molecule has 1 aromatic carbocycles. The molecule has 1 amide bonds. The van der Waals surface area contributed by atoms with E-state index in [1.807, 2.05) is 0 Å². The highest BCUT2D eigenvalue weighted by molar-refractivity contribution is 5.85. The smallest absolute Gasteiger partial charge is 0.416 e. The van der Waals surface area contributed by atoms with Crippen LogP contribution in [0.15, 0.2) is 42.7 Å². The number of piperidine rings is 1. The molecule has 0 saturated carbocycles. The molecule has 1 aliphatic heterocycles. The van der Waals surface area contributed by atoms with Crippen molar-refractivity contribution in [1.82, 2.24) is 20.4 Å². The molecule has 1 fully saturated rings. The first-order valence-corrected chi connectivity index (χ1v) is 8.71. The predicted octanol–water partition coefficient (Wildman–Crippen LogP) is 2.60. The zero-order chi connectivity index (χ0) is 19.3. The lowest BCUT2D eigenvalue weighted by Crippen LogP contribution is -2.55. The molecule has 2 N–H and O–H groups in total. The van der Waals surface area contributed by atoms with E-state index in [0.29, 0.717) is 18.6 Å². The van der Waals surface area contributed by atoms with Crippen LogP contribution < -0.4 is 15.4 Å². The van der Waals surface area contributed by atoms with Crippen LogP contribution in [0.3, 0.4) is 0 Å². The highest BCUT2D eigenvalue weighted by Gasteiger charge is 2.41. The van der Waals surface area contributed by atoms with E-state index >= 15 is 0 Å². The minimum absolute atomic E-state index is 0. The summed E-state index contributed by atoms with van der Waals surface area (Å²) in [5.41, 5.74) is -1.46. The van der Waals surface area contributed by atoms with E-state index < -0.39 is 17.3 Å². The number of benzene rings is 1. The highest BCUT2D eigenvalue weighted by atomic mass is 35.5. The highest BCUT2D eigenvalue weighted by Crippen LogP contribution is 2.30. The van der Waals surface area contributed by atoms with Crippen LogP contribution >= 0.6 is 12.4 Å². The summed E-state index contributed by atoms with van der Waals surface area (Å²) in [4.78, 5) is 12.8. The molecule has 2 heterocycles. The number of ether oxygens (including phenoxy) is 1. The first-order valence-electron chi connectivity index (χ1n) is 8.71. The Kier molecular flexibility index (Phi) is 7.31. The molecule has 1 aliphatic rings. The number of aromatic nitrogens is 2. The second kappa shape index (κ2) is 9.29. The number of amides is 1. The maximum Gasteiger partial charge on any atom is 0.416 e. The zero-order valence-corrected chi connectivity index (χ0v) is 15.9. The summed E-state index contributed by atoms with van der Waals surface area (Å²) >= 11 is 0. The Bertz CT molecular complexity index is 745. The molecule has 6 nitrogen and oxygen atoms in total. The van der Waals surface area contributed by atoms with E-state index in [2.05, 4.69) is 15.7 Å². The van der Waals surface area contributed by atoms with Crippen molar-refractivity contribution >= 4 is 18.3 Å². The predicted molar refractivity (Wildman–Crippen MR) is 99.5 cm³/mol. The Morgan fingerprint density at radius 3 is 2.50 bits per heavy atom. The van der Waals surface area contributed by atoms with Gasteiger partial charge in [0.1, 0.15) is 17.9 Å². The lowest BCUT2D eigenvalue weighted by atomic mass is 9.87. The second-order valence-corrected chi connectivity index (χ2v) is 6.36. The van der Waals surface area contributed by atoms with Gasteiger partial charge in [-0.25, -0.2) is 0 Å². The molecule has 2 aromatic rings. The van der Waals surface area contributed by atoms with Crippen molar-refractivity contribution < 1.29 is 22.7 Å². The van der Waals surface area contributed by atoms with Crippen molar-refractivity contribution in [3.63, 3.8) is 0 Å². The minimum atomic E-state index is -4.37. The van der Waals surface area contributed by atoms with Gasteiger partial charge in [0.05, 0.1) is 12.1 Å². The molecule has 0 aliphatic carbocycles. The van der Waals surface area contributed by atoms with Gasteiger partial charge in [-0.3, -0.25) is 9.48 Å². The van der Waals surface area contributed by atoms with Gasteiger partial charge in [-0.15, -0.1) is 12.4 Å². The molecule has 0 atom stereocenters. The van der Waals surface area contributed by atoms with Gasteiger partial charge in [-0.1, -0.05) is 0 Å². The number of carbonyl (C=O) groups excluding carboxylic acids is 1. The quantitative estimate of drug-likeness (QED) is 0.708. The maximum atomic E-state index is 12.8. The number of alkyl halides is 3. The molecule has 0 bridgehead atoms. The van der Waals surface area contributed by atoms with Crippen LogP contribution in [0.2, 0.25) is 0 Å². The van der Waals surface area contributed by atoms with E-state index in [-0.39, 0.29) is 31.5 Å². The molecule has 0 radical (unpaired) electrons. The van der Waals surface area contributed by atoms with Crippen molar-refractivity contribution in [1.29, 1.82) is 0 Å². The summed E-state index contributed by atoms with van der Waals surface area (Å²) in [5, 5.41) is 10.3. The van der Waals surface area contributed by atoms with Crippen LogP contribution in [0, 0.1) is 0 Å². The fraction of sp³-hybridized carbons (Fsp3) is 0.444. The summed E-state index contributed by atoms with van der Waals surface area (Å²) in [6.07, 6.45) is 0.303. The van der Waals surface area contributed by atoms with E-state index in [0.717, 1.165) is 25.2 Å². The molecule has 10 heteroatoms. The van der Waals surface area contributed by atoms with Gasteiger partial charge in [0.25, 0.3) is 0 Å². The maximum absolute atomic E-state index is 12.8. The van der Waals surface area contributed by atoms with E-state index in [1.54, 1.807) is 23.1 Å². The van der Waals surface area contributed by atoms with Gasteiger partial charge < -0.3 is 15.4 Å². The Morgan fingerprint density at radius 2 is 1.93 bits per heavy atom. The van der Waals surface area contributed by atoms with Crippen LogP contribution in [-0.2, 0) is 16.5 Å². The topological polar surface area (TPSA) is 68.2 Å². The lowest BCUT2D eigenvalue weighted by molar-refractivity contribution is -0.137. The molecule has 154 valence electrons. The van der Waals surface area contributed by atoms with E-state index in [4.69, 9.17) is 4.74 Å². The summed E-state index contributed by atoms with van der Waals surface area (Å²) in [7, 11) is 0. The monoisotopic (exact) mass is 418 g/mol. The first-order chi connectivity index (χ1) is 12.9. The minimum Gasteiger partial charge on any atom is -0.492 e. The average molecular weight is 419 g/mol. The van der Waals surface area contributed by atoms with Gasteiger partial charge in [0.2, 0.25) is 5.91 Å². The molecular weight excluding hydrogens is 397 g/mol. The van der Waals surface area contributed by atoms with Crippen LogP contribution in [0.4, 0.5) is 13.2 Å². The molecule has 0 unspecified atom stereocenters. The van der Waals surface area contributed by atoms with Gasteiger partial charge in [0.15, 0.2) is 0 Å². The third kappa shape index (κ3) is 4.96. The van der Waals surface area contributed by atoms with Gasteiger partial charge in [0, 0.05) is 12.4 Å². The summed E-state index contributed by atoms with van der Waals surface area (Å²) in [5.74, 6) is 0.185. The molecule has 28 heavy (non-hydrogen) atoms. The van der Waals surface area contributed by atoms with E-state index in [9.17, 15) is 18.0 Å². The number of nitrogens with zero attached hydrogens (tertiary/aromatic N) is 2. The average Bonchev–Trinajstić information content (AvgIpc) is 3.20. The Hall–Kier alpha value is -2.26. The Balaban J connectivity index is 0.00000280. The van der Waals surface area contributed by atoms with Crippen molar-refractivity contribution in [2.75, 3.05) is 26.2 Å². The standard InChI is InChI=1S/C18H21F3N4O2.ClH/c19-18(20,21)14-2-4-15(5-3-14)27-13-11-23-16(26)17(6-9-22-10-7-17)25-12-1-8-24-25;/h1-5,8,12,22H,6-7,9-11,13H2,(H,23,26);1H. The molecular formula is C18H22ClF3N4O2. The number of rotatable bonds is 6. The molecule has 1 aromatic heterocycles. The van der Waals surface area contributed by atoms with Crippen molar-refractivity contribution in [3.05, 3.63) is 48.3 Å². The Morgan fingerprint density at radius 1 is 1.25 bits per heavy atom. The number of hydrogen-bond acceptors (Lipinski definition) is 4. The van der Waals surface area contributed by atoms with Crippen LogP contribution in [-0.4, -0.2) is 41.9 Å². The van der Waals surface area contributed by atoms with Crippen molar-refractivity contribution in [2.45, 2.75) is 24.6 Å². The van der Waals surface area contributed by atoms with Crippen LogP contribution in [0.1, 0.15) is 18.4 Å². The summed E-state index contributed by atoms with van der Waals surface area (Å²) in [6.45, 7) is 1.84.